The van der Waals surface area contributed by atoms with Gasteiger partial charge in [0.25, 0.3) is 5.91 Å². The molecule has 2 N–H and O–H groups in total. The number of amides is 2. The molecule has 2 aromatic carbocycles. The Bertz CT molecular complexity index is 1060. The molecule has 2 saturated heterocycles. The molecule has 8 nitrogen and oxygen atoms in total. The molecular formula is C22H25N3O5S. The topological polar surface area (TPSA) is 105 Å². The van der Waals surface area contributed by atoms with Crippen molar-refractivity contribution < 1.29 is 22.7 Å². The zero-order valence-corrected chi connectivity index (χ0v) is 17.9. The van der Waals surface area contributed by atoms with E-state index in [4.69, 9.17) is 4.74 Å². The van der Waals surface area contributed by atoms with E-state index < -0.39 is 10.0 Å². The SMILES string of the molecule is O=C(Nc1cccc(N2CCCC2=O)c1)c1ccc(S(=O)(=O)NCC2CCCO2)cc1. The largest absolute Gasteiger partial charge is 0.377 e. The Morgan fingerprint density at radius 2 is 1.94 bits per heavy atom. The van der Waals surface area contributed by atoms with Gasteiger partial charge in [0.1, 0.15) is 0 Å². The third-order valence-electron chi connectivity index (χ3n) is 5.44. The molecule has 0 spiro atoms. The molecule has 0 saturated carbocycles. The zero-order chi connectivity index (χ0) is 21.8. The van der Waals surface area contributed by atoms with Gasteiger partial charge in [-0.1, -0.05) is 6.07 Å². The van der Waals surface area contributed by atoms with E-state index in [1.807, 2.05) is 6.07 Å². The van der Waals surface area contributed by atoms with E-state index in [-0.39, 0.29) is 29.4 Å². The Labute approximate surface area is 181 Å². The summed E-state index contributed by atoms with van der Waals surface area (Å²) in [4.78, 5) is 26.3. The summed E-state index contributed by atoms with van der Waals surface area (Å²) in [6.07, 6.45) is 3.05. The summed E-state index contributed by atoms with van der Waals surface area (Å²) < 4.78 is 32.9. The van der Waals surface area contributed by atoms with E-state index in [2.05, 4.69) is 10.0 Å². The number of carbonyl (C=O) groups is 2. The minimum Gasteiger partial charge on any atom is -0.377 e. The Hall–Kier alpha value is -2.75. The van der Waals surface area contributed by atoms with Crippen LogP contribution in [0.5, 0.6) is 0 Å². The van der Waals surface area contributed by atoms with Crippen LogP contribution in [-0.4, -0.2) is 46.0 Å². The van der Waals surface area contributed by atoms with Gasteiger partial charge in [0, 0.05) is 43.1 Å². The Balaban J connectivity index is 1.40. The molecular weight excluding hydrogens is 418 g/mol. The van der Waals surface area contributed by atoms with Crippen LogP contribution in [0.25, 0.3) is 0 Å². The third-order valence-corrected chi connectivity index (χ3v) is 6.88. The Kier molecular flexibility index (Phi) is 6.35. The fourth-order valence-corrected chi connectivity index (χ4v) is 4.82. The quantitative estimate of drug-likeness (QED) is 0.684. The maximum atomic E-state index is 12.6. The highest BCUT2D eigenvalue weighted by molar-refractivity contribution is 7.89. The number of hydrogen-bond acceptors (Lipinski definition) is 5. The molecule has 2 fully saturated rings. The fourth-order valence-electron chi connectivity index (χ4n) is 3.75. The van der Waals surface area contributed by atoms with E-state index in [1.54, 1.807) is 23.1 Å². The molecule has 1 atom stereocenters. The molecule has 2 aliphatic rings. The molecule has 9 heteroatoms. The summed E-state index contributed by atoms with van der Waals surface area (Å²) >= 11 is 0. The van der Waals surface area contributed by atoms with Crippen molar-refractivity contribution in [2.45, 2.75) is 36.7 Å². The van der Waals surface area contributed by atoms with Gasteiger partial charge in [-0.2, -0.15) is 0 Å². The van der Waals surface area contributed by atoms with Gasteiger partial charge < -0.3 is 15.0 Å². The molecule has 2 aliphatic heterocycles. The van der Waals surface area contributed by atoms with Crippen molar-refractivity contribution in [3.05, 3.63) is 54.1 Å². The number of nitrogens with one attached hydrogen (secondary N) is 2. The molecule has 1 unspecified atom stereocenters. The van der Waals surface area contributed by atoms with E-state index >= 15 is 0 Å². The molecule has 0 radical (unpaired) electrons. The van der Waals surface area contributed by atoms with Crippen LogP contribution in [0.15, 0.2) is 53.4 Å². The molecule has 2 amide bonds. The van der Waals surface area contributed by atoms with Crippen molar-refractivity contribution in [2.24, 2.45) is 0 Å². The standard InChI is InChI=1S/C22H25N3O5S/c26-21-7-2-12-25(21)18-5-1-4-17(14-18)24-22(27)16-8-10-20(11-9-16)31(28,29)23-15-19-6-3-13-30-19/h1,4-5,8-11,14,19,23H,2-3,6-7,12-13,15H2,(H,24,27). The summed E-state index contributed by atoms with van der Waals surface area (Å²) in [5.74, 6) is -0.283. The first kappa shape index (κ1) is 21.5. The molecule has 2 heterocycles. The number of hydrogen-bond donors (Lipinski definition) is 2. The van der Waals surface area contributed by atoms with Gasteiger partial charge in [0.15, 0.2) is 0 Å². The lowest BCUT2D eigenvalue weighted by atomic mass is 10.2. The summed E-state index contributed by atoms with van der Waals surface area (Å²) in [5.41, 5.74) is 1.65. The zero-order valence-electron chi connectivity index (χ0n) is 17.0. The average Bonchev–Trinajstić information content (AvgIpc) is 3.44. The van der Waals surface area contributed by atoms with E-state index in [0.29, 0.717) is 30.8 Å². The molecule has 4 rings (SSSR count). The lowest BCUT2D eigenvalue weighted by Crippen LogP contribution is -2.31. The molecule has 31 heavy (non-hydrogen) atoms. The predicted molar refractivity (Wildman–Crippen MR) is 117 cm³/mol. The molecule has 0 aliphatic carbocycles. The van der Waals surface area contributed by atoms with E-state index in [9.17, 15) is 18.0 Å². The van der Waals surface area contributed by atoms with Crippen molar-refractivity contribution in [3.63, 3.8) is 0 Å². The highest BCUT2D eigenvalue weighted by atomic mass is 32.2. The minimum absolute atomic E-state index is 0.0772. The normalized spacial score (nSPS) is 19.0. The second-order valence-corrected chi connectivity index (χ2v) is 9.43. The number of anilines is 2. The number of ether oxygens (including phenoxy) is 1. The second-order valence-electron chi connectivity index (χ2n) is 7.66. The van der Waals surface area contributed by atoms with Gasteiger partial charge in [-0.3, -0.25) is 9.59 Å². The number of nitrogens with zero attached hydrogens (tertiary/aromatic N) is 1. The second kappa shape index (κ2) is 9.17. The van der Waals surface area contributed by atoms with Crippen molar-refractivity contribution in [1.29, 1.82) is 0 Å². The van der Waals surface area contributed by atoms with Crippen molar-refractivity contribution >= 4 is 33.2 Å². The molecule has 0 bridgehead atoms. The number of rotatable bonds is 7. The van der Waals surface area contributed by atoms with Crippen LogP contribution in [-0.2, 0) is 19.6 Å². The van der Waals surface area contributed by atoms with Crippen molar-refractivity contribution in [1.82, 2.24) is 4.72 Å². The van der Waals surface area contributed by atoms with Crippen LogP contribution in [0.3, 0.4) is 0 Å². The van der Waals surface area contributed by atoms with Gasteiger partial charge in [-0.15, -0.1) is 0 Å². The van der Waals surface area contributed by atoms with Gasteiger partial charge in [0.05, 0.1) is 11.0 Å². The molecule has 0 aromatic heterocycles. The number of benzene rings is 2. The number of carbonyl (C=O) groups excluding carboxylic acids is 2. The summed E-state index contributed by atoms with van der Waals surface area (Å²) in [5, 5.41) is 2.80. The average molecular weight is 444 g/mol. The monoisotopic (exact) mass is 443 g/mol. The smallest absolute Gasteiger partial charge is 0.255 e. The van der Waals surface area contributed by atoms with Gasteiger partial charge >= 0.3 is 0 Å². The third kappa shape index (κ3) is 5.12. The first-order valence-corrected chi connectivity index (χ1v) is 11.8. The highest BCUT2D eigenvalue weighted by Crippen LogP contribution is 2.24. The van der Waals surface area contributed by atoms with Crippen LogP contribution in [0.1, 0.15) is 36.0 Å². The predicted octanol–water partition coefficient (Wildman–Crippen LogP) is 2.52. The van der Waals surface area contributed by atoms with Gasteiger partial charge in [-0.25, -0.2) is 13.1 Å². The Morgan fingerprint density at radius 1 is 1.13 bits per heavy atom. The fraction of sp³-hybridized carbons (Fsp3) is 0.364. The molecule has 2 aromatic rings. The van der Waals surface area contributed by atoms with Crippen molar-refractivity contribution in [3.8, 4) is 0 Å². The van der Waals surface area contributed by atoms with Crippen LogP contribution in [0.2, 0.25) is 0 Å². The first-order chi connectivity index (χ1) is 14.9. The lowest BCUT2D eigenvalue weighted by molar-refractivity contribution is -0.117. The lowest BCUT2D eigenvalue weighted by Gasteiger charge is -2.17. The maximum Gasteiger partial charge on any atom is 0.255 e. The van der Waals surface area contributed by atoms with Crippen LogP contribution >= 0.6 is 0 Å². The van der Waals surface area contributed by atoms with Crippen LogP contribution in [0.4, 0.5) is 11.4 Å². The first-order valence-electron chi connectivity index (χ1n) is 10.4. The van der Waals surface area contributed by atoms with E-state index in [1.165, 1.54) is 24.3 Å². The molecule has 164 valence electrons. The van der Waals surface area contributed by atoms with Crippen LogP contribution in [0, 0.1) is 0 Å². The highest BCUT2D eigenvalue weighted by Gasteiger charge is 2.22. The maximum absolute atomic E-state index is 12.6. The van der Waals surface area contributed by atoms with Gasteiger partial charge in [-0.05, 0) is 61.7 Å². The van der Waals surface area contributed by atoms with Crippen molar-refractivity contribution in [2.75, 3.05) is 29.9 Å². The Morgan fingerprint density at radius 3 is 2.61 bits per heavy atom. The summed E-state index contributed by atoms with van der Waals surface area (Å²) in [6, 6.07) is 12.9. The van der Waals surface area contributed by atoms with E-state index in [0.717, 1.165) is 24.9 Å². The minimum atomic E-state index is -3.67. The van der Waals surface area contributed by atoms with Gasteiger partial charge in [0.2, 0.25) is 15.9 Å². The van der Waals surface area contributed by atoms with Crippen LogP contribution < -0.4 is 14.9 Å². The number of sulfonamides is 1. The summed E-state index contributed by atoms with van der Waals surface area (Å²) in [6.45, 7) is 1.57. The summed E-state index contributed by atoms with van der Waals surface area (Å²) in [7, 11) is -3.67.